The van der Waals surface area contributed by atoms with Crippen LogP contribution in [-0.2, 0) is 16.2 Å². The lowest BCUT2D eigenvalue weighted by Crippen LogP contribution is -2.61. The van der Waals surface area contributed by atoms with Crippen molar-refractivity contribution in [1.29, 1.82) is 0 Å². The first-order valence-electron chi connectivity index (χ1n) is 24.9. The maximum atomic E-state index is 7.42. The molecule has 0 bridgehead atoms. The molecule has 0 unspecified atom stereocenters. The van der Waals surface area contributed by atoms with E-state index < -0.39 is 0 Å². The molecule has 0 aliphatic carbocycles. The fraction of sp³-hybridized carbons (Fsp3) is 0.250. The number of aryl methyl sites for hydroxylation is 4. The quantitative estimate of drug-likeness (QED) is 0.165. The smallest absolute Gasteiger partial charge is 0.297 e. The fourth-order valence-electron chi connectivity index (χ4n) is 11.4. The van der Waals surface area contributed by atoms with Gasteiger partial charge in [0, 0.05) is 44.3 Å². The van der Waals surface area contributed by atoms with Crippen LogP contribution in [0.2, 0.25) is 0 Å². The molecule has 2 aliphatic heterocycles. The number of furan rings is 3. The molecule has 5 heterocycles. The number of hydrogen-bond donors (Lipinski definition) is 0. The van der Waals surface area contributed by atoms with Crippen LogP contribution in [0.3, 0.4) is 0 Å². The van der Waals surface area contributed by atoms with E-state index in [4.69, 9.17) is 13.3 Å². The van der Waals surface area contributed by atoms with E-state index in [0.717, 1.165) is 95.1 Å². The van der Waals surface area contributed by atoms with Gasteiger partial charge in [-0.15, -0.1) is 0 Å². The van der Waals surface area contributed by atoms with E-state index in [1.54, 1.807) is 0 Å². The molecular weight excluding hydrogens is 856 g/mol. The second-order valence-corrected chi connectivity index (χ2v) is 23.3. The van der Waals surface area contributed by atoms with Crippen molar-refractivity contribution in [2.45, 2.75) is 106 Å². The Bertz CT molecular complexity index is 3690. The molecule has 10 aromatic rings. The molecule has 0 fully saturated rings. The molecule has 7 aromatic carbocycles. The molecule has 6 heteroatoms. The molecule has 0 amide bonds. The highest BCUT2D eigenvalue weighted by molar-refractivity contribution is 7.00. The first-order chi connectivity index (χ1) is 33.2. The number of anilines is 6. The van der Waals surface area contributed by atoms with Crippen LogP contribution < -0.4 is 26.4 Å². The number of fused-ring (bicyclic) bond motifs is 8. The average molecular weight is 917 g/mol. The third kappa shape index (κ3) is 6.81. The Morgan fingerprint density at radius 3 is 1.49 bits per heavy atom. The van der Waals surface area contributed by atoms with Crippen molar-refractivity contribution in [3.63, 3.8) is 0 Å². The molecule has 348 valence electrons. The van der Waals surface area contributed by atoms with Crippen molar-refractivity contribution in [3.8, 4) is 22.6 Å². The van der Waals surface area contributed by atoms with Gasteiger partial charge in [0.1, 0.15) is 28.3 Å². The van der Waals surface area contributed by atoms with Crippen molar-refractivity contribution in [3.05, 3.63) is 172 Å². The molecule has 0 radical (unpaired) electrons. The lowest BCUT2D eigenvalue weighted by Gasteiger charge is -2.45. The van der Waals surface area contributed by atoms with Crippen molar-refractivity contribution >= 4 is 90.3 Å². The van der Waals surface area contributed by atoms with Crippen LogP contribution in [0.4, 0.5) is 34.1 Å². The Morgan fingerprint density at radius 2 is 0.914 bits per heavy atom. The van der Waals surface area contributed by atoms with Crippen LogP contribution in [0.1, 0.15) is 101 Å². The van der Waals surface area contributed by atoms with Gasteiger partial charge in [0.2, 0.25) is 0 Å². The minimum atomic E-state index is -0.211. The van der Waals surface area contributed by atoms with Gasteiger partial charge in [-0.25, -0.2) is 0 Å². The SMILES string of the molecule is Cc1cc(C(C)(C)C)cc(C)c1N1c2cc(-c3cc4ccccc4o3)ccc2B2c3oc4ccc(C(C)(C)C)cc4c3N(c3c(C)cc(-c4cc5ccccc5o4)cc3C)c3cc(C(C)(C)C)cc1c32. The molecule has 0 saturated heterocycles. The average Bonchev–Trinajstić information content (AvgIpc) is 4.04. The standard InChI is InChI=1S/C64H61BN2O3/c1-36-26-43(56-32-41-19-15-17-21-53(41)69-56)27-37(2)59(36)67-51-35-46(64(11,12)13)34-50-57(51)65(61-60(67)47-33-44(62(5,6)7)23-25-54(47)70-61)48-24-22-42(55-31-40-18-14-16-20-52(40)68-55)30-49(48)66(50)58-38(3)28-45(29-39(58)4)63(8,9)10/h14-35H,1-13H3. The van der Waals surface area contributed by atoms with Crippen molar-refractivity contribution in [1.82, 2.24) is 0 Å². The Morgan fingerprint density at radius 1 is 0.400 bits per heavy atom. The minimum Gasteiger partial charge on any atom is -0.468 e. The van der Waals surface area contributed by atoms with Crippen molar-refractivity contribution in [2.75, 3.05) is 9.80 Å². The number of hydrogen-bond acceptors (Lipinski definition) is 5. The largest absolute Gasteiger partial charge is 0.468 e. The zero-order chi connectivity index (χ0) is 48.9. The summed E-state index contributed by atoms with van der Waals surface area (Å²) in [5.41, 5.74) is 23.4. The van der Waals surface area contributed by atoms with Crippen LogP contribution in [0.25, 0.3) is 55.6 Å². The fourth-order valence-corrected chi connectivity index (χ4v) is 11.4. The lowest BCUT2D eigenvalue weighted by molar-refractivity contribution is 0.589. The summed E-state index contributed by atoms with van der Waals surface area (Å²) in [6, 6.07) is 49.1. The van der Waals surface area contributed by atoms with Crippen LogP contribution >= 0.6 is 0 Å². The molecule has 3 aromatic heterocycles. The minimum absolute atomic E-state index is 0.0144. The monoisotopic (exact) mass is 916 g/mol. The molecule has 70 heavy (non-hydrogen) atoms. The van der Waals surface area contributed by atoms with E-state index in [0.29, 0.717) is 0 Å². The molecule has 5 nitrogen and oxygen atoms in total. The van der Waals surface area contributed by atoms with Gasteiger partial charge in [-0.2, -0.15) is 0 Å². The van der Waals surface area contributed by atoms with E-state index in [2.05, 4.69) is 215 Å². The van der Waals surface area contributed by atoms with E-state index in [1.165, 1.54) is 50.1 Å². The number of rotatable bonds is 4. The molecule has 0 N–H and O–H groups in total. The molecule has 12 rings (SSSR count). The molecule has 0 saturated carbocycles. The van der Waals surface area contributed by atoms with Crippen LogP contribution in [0, 0.1) is 27.7 Å². The highest BCUT2D eigenvalue weighted by Gasteiger charge is 2.48. The first-order valence-corrected chi connectivity index (χ1v) is 24.9. The van der Waals surface area contributed by atoms with Crippen LogP contribution in [0.15, 0.2) is 147 Å². The van der Waals surface area contributed by atoms with Gasteiger partial charge in [0.15, 0.2) is 0 Å². The Balaban J connectivity index is 1.19. The number of para-hydroxylation sites is 2. The van der Waals surface area contributed by atoms with E-state index in [9.17, 15) is 0 Å². The zero-order valence-corrected chi connectivity index (χ0v) is 42.9. The number of benzene rings is 7. The van der Waals surface area contributed by atoms with Gasteiger partial charge < -0.3 is 23.1 Å². The first kappa shape index (κ1) is 44.1. The van der Waals surface area contributed by atoms with Gasteiger partial charge in [-0.3, -0.25) is 0 Å². The van der Waals surface area contributed by atoms with E-state index in [1.807, 2.05) is 18.2 Å². The lowest BCUT2D eigenvalue weighted by atomic mass is 9.35. The summed E-state index contributed by atoms with van der Waals surface area (Å²) in [6.07, 6.45) is 0. The summed E-state index contributed by atoms with van der Waals surface area (Å²) >= 11 is 0. The third-order valence-corrected chi connectivity index (χ3v) is 15.1. The highest BCUT2D eigenvalue weighted by Crippen LogP contribution is 2.52. The van der Waals surface area contributed by atoms with Crippen LogP contribution in [-0.4, -0.2) is 6.71 Å². The van der Waals surface area contributed by atoms with Crippen molar-refractivity contribution in [2.24, 2.45) is 0 Å². The van der Waals surface area contributed by atoms with Gasteiger partial charge in [0.05, 0.1) is 22.7 Å². The summed E-state index contributed by atoms with van der Waals surface area (Å²) in [7, 11) is 0. The Kier molecular flexibility index (Phi) is 9.54. The summed E-state index contributed by atoms with van der Waals surface area (Å²) in [5.74, 6) is 1.72. The maximum absolute atomic E-state index is 7.42. The third-order valence-electron chi connectivity index (χ3n) is 15.1. The van der Waals surface area contributed by atoms with E-state index >= 15 is 0 Å². The normalized spacial score (nSPS) is 13.7. The summed E-state index contributed by atoms with van der Waals surface area (Å²) in [4.78, 5) is 5.15. The topological polar surface area (TPSA) is 45.9 Å². The predicted octanol–water partition coefficient (Wildman–Crippen LogP) is 16.5. The second-order valence-electron chi connectivity index (χ2n) is 23.3. The molecule has 0 atom stereocenters. The summed E-state index contributed by atoms with van der Waals surface area (Å²) in [5, 5.41) is 3.30. The summed E-state index contributed by atoms with van der Waals surface area (Å²) < 4.78 is 20.5. The van der Waals surface area contributed by atoms with Crippen molar-refractivity contribution < 1.29 is 13.3 Å². The van der Waals surface area contributed by atoms with Gasteiger partial charge in [0.25, 0.3) is 6.71 Å². The predicted molar refractivity (Wildman–Crippen MR) is 296 cm³/mol. The maximum Gasteiger partial charge on any atom is 0.297 e. The number of nitrogens with zero attached hydrogens (tertiary/aromatic N) is 2. The van der Waals surface area contributed by atoms with Gasteiger partial charge in [-0.1, -0.05) is 129 Å². The Labute approximate surface area is 412 Å². The van der Waals surface area contributed by atoms with Gasteiger partial charge in [-0.05, 0) is 161 Å². The van der Waals surface area contributed by atoms with Crippen LogP contribution in [0.5, 0.6) is 0 Å². The zero-order valence-electron chi connectivity index (χ0n) is 42.9. The second kappa shape index (κ2) is 15.2. The molecule has 2 aliphatic rings. The summed E-state index contributed by atoms with van der Waals surface area (Å²) in [6.45, 7) is 29.7. The molecular formula is C64H61BN2O3. The molecule has 0 spiro atoms. The van der Waals surface area contributed by atoms with Gasteiger partial charge >= 0.3 is 0 Å². The highest BCUT2D eigenvalue weighted by atomic mass is 16.3. The Hall–Kier alpha value is -7.18. The van der Waals surface area contributed by atoms with E-state index in [-0.39, 0.29) is 23.0 Å².